The second-order valence-corrected chi connectivity index (χ2v) is 8.81. The molecule has 6 nitrogen and oxygen atoms in total. The van der Waals surface area contributed by atoms with Gasteiger partial charge in [0.15, 0.2) is 11.0 Å². The van der Waals surface area contributed by atoms with Crippen molar-refractivity contribution in [1.29, 1.82) is 0 Å². The van der Waals surface area contributed by atoms with Crippen molar-refractivity contribution >= 4 is 35.0 Å². The van der Waals surface area contributed by atoms with Gasteiger partial charge in [0.2, 0.25) is 5.91 Å². The van der Waals surface area contributed by atoms with Gasteiger partial charge in [0, 0.05) is 16.4 Å². The lowest BCUT2D eigenvalue weighted by atomic mass is 10.1. The van der Waals surface area contributed by atoms with Gasteiger partial charge in [0.25, 0.3) is 0 Å². The zero-order valence-electron chi connectivity index (χ0n) is 17.8. The van der Waals surface area contributed by atoms with Gasteiger partial charge < -0.3 is 5.32 Å². The first-order chi connectivity index (χ1) is 14.3. The highest BCUT2D eigenvalue weighted by atomic mass is 35.5. The molecule has 1 unspecified atom stereocenters. The van der Waals surface area contributed by atoms with Gasteiger partial charge in [-0.15, -0.1) is 10.2 Å². The van der Waals surface area contributed by atoms with Crippen molar-refractivity contribution in [3.8, 4) is 5.69 Å². The molecule has 1 heterocycles. The molecule has 0 fully saturated rings. The highest BCUT2D eigenvalue weighted by Crippen LogP contribution is 2.27. The van der Waals surface area contributed by atoms with E-state index in [0.717, 1.165) is 22.8 Å². The number of hydrogen-bond donors (Lipinski definition) is 1. The van der Waals surface area contributed by atoms with E-state index in [4.69, 9.17) is 11.6 Å². The number of nitrogens with zero attached hydrogens (tertiary/aromatic N) is 4. The summed E-state index contributed by atoms with van der Waals surface area (Å²) in [7, 11) is 3.99. The first-order valence-corrected chi connectivity index (χ1v) is 11.0. The predicted octanol–water partition coefficient (Wildman–Crippen LogP) is 4.89. The van der Waals surface area contributed by atoms with Crippen LogP contribution in [0.2, 0.25) is 5.02 Å². The Morgan fingerprint density at radius 3 is 2.47 bits per heavy atom. The van der Waals surface area contributed by atoms with Gasteiger partial charge in [-0.25, -0.2) is 0 Å². The van der Waals surface area contributed by atoms with Crippen LogP contribution in [0.25, 0.3) is 5.69 Å². The smallest absolute Gasteiger partial charge is 0.234 e. The highest BCUT2D eigenvalue weighted by Gasteiger charge is 2.21. The second-order valence-electron chi connectivity index (χ2n) is 7.43. The van der Waals surface area contributed by atoms with Crippen LogP contribution >= 0.6 is 23.4 Å². The minimum atomic E-state index is -0.0869. The third kappa shape index (κ3) is 5.22. The number of carbonyl (C=O) groups is 1. The third-order valence-electron chi connectivity index (χ3n) is 5.01. The van der Waals surface area contributed by atoms with Crippen LogP contribution in [0.3, 0.4) is 0 Å². The fourth-order valence-electron chi connectivity index (χ4n) is 2.86. The summed E-state index contributed by atoms with van der Waals surface area (Å²) in [5.74, 6) is 0.949. The number of nitrogens with one attached hydrogen (secondary N) is 1. The molecule has 1 N–H and O–H groups in total. The van der Waals surface area contributed by atoms with E-state index >= 15 is 0 Å². The maximum atomic E-state index is 12.5. The molecular weight excluding hydrogens is 418 g/mol. The Kier molecular flexibility index (Phi) is 7.18. The number of amides is 1. The summed E-state index contributed by atoms with van der Waals surface area (Å²) in [4.78, 5) is 14.6. The van der Waals surface area contributed by atoms with Gasteiger partial charge in [0.05, 0.1) is 11.8 Å². The molecule has 0 spiro atoms. The van der Waals surface area contributed by atoms with E-state index in [1.54, 1.807) is 0 Å². The molecule has 8 heteroatoms. The quantitative estimate of drug-likeness (QED) is 0.526. The van der Waals surface area contributed by atoms with Crippen molar-refractivity contribution in [3.63, 3.8) is 0 Å². The van der Waals surface area contributed by atoms with E-state index < -0.39 is 0 Å². The first kappa shape index (κ1) is 22.3. The zero-order valence-corrected chi connectivity index (χ0v) is 19.4. The average Bonchev–Trinajstić information content (AvgIpc) is 3.13. The summed E-state index contributed by atoms with van der Waals surface area (Å²) in [6.45, 7) is 6.14. The number of thioether (sulfide) groups is 1. The average molecular weight is 444 g/mol. The molecule has 2 aromatic carbocycles. The number of carbonyl (C=O) groups excluding carboxylic acids is 1. The Morgan fingerprint density at radius 2 is 1.83 bits per heavy atom. The van der Waals surface area contributed by atoms with E-state index in [0.29, 0.717) is 10.2 Å². The van der Waals surface area contributed by atoms with E-state index in [1.807, 2.05) is 75.0 Å². The number of aryl methyl sites for hydroxylation is 2. The molecule has 1 amide bonds. The Hall–Kier alpha value is -2.35. The molecule has 0 aliphatic heterocycles. The van der Waals surface area contributed by atoms with Crippen LogP contribution in [0.15, 0.2) is 47.6 Å². The number of benzene rings is 2. The molecule has 1 aromatic heterocycles. The Labute approximate surface area is 186 Å². The van der Waals surface area contributed by atoms with Crippen molar-refractivity contribution in [2.45, 2.75) is 32.0 Å². The lowest BCUT2D eigenvalue weighted by molar-refractivity contribution is -0.113. The summed E-state index contributed by atoms with van der Waals surface area (Å²) < 4.78 is 1.98. The number of rotatable bonds is 7. The molecule has 0 saturated carbocycles. The predicted molar refractivity (Wildman–Crippen MR) is 124 cm³/mol. The van der Waals surface area contributed by atoms with Crippen LogP contribution in [0.5, 0.6) is 0 Å². The largest absolute Gasteiger partial charge is 0.325 e. The maximum absolute atomic E-state index is 12.5. The normalized spacial score (nSPS) is 12.2. The molecule has 0 aliphatic rings. The number of anilines is 1. The Bertz CT molecular complexity index is 1030. The summed E-state index contributed by atoms with van der Waals surface area (Å²) in [6.07, 6.45) is 0. The summed E-state index contributed by atoms with van der Waals surface area (Å²) in [6, 6.07) is 13.5. The highest BCUT2D eigenvalue weighted by molar-refractivity contribution is 7.99. The SMILES string of the molecule is Cc1ccc(NC(=O)CSc2nnc(C(C)N(C)C)n2-c2ccc(Cl)cc2)cc1C. The summed E-state index contributed by atoms with van der Waals surface area (Å²) in [5, 5.41) is 13.0. The van der Waals surface area contributed by atoms with Crippen molar-refractivity contribution in [2.75, 3.05) is 25.2 Å². The number of hydrogen-bond acceptors (Lipinski definition) is 5. The molecule has 30 heavy (non-hydrogen) atoms. The van der Waals surface area contributed by atoms with Crippen LogP contribution in [0.4, 0.5) is 5.69 Å². The molecule has 0 saturated heterocycles. The fourth-order valence-corrected chi connectivity index (χ4v) is 3.74. The second kappa shape index (κ2) is 9.64. The summed E-state index contributed by atoms with van der Waals surface area (Å²) in [5.41, 5.74) is 4.04. The van der Waals surface area contributed by atoms with Crippen LogP contribution in [0, 0.1) is 13.8 Å². The van der Waals surface area contributed by atoms with Crippen LogP contribution in [-0.2, 0) is 4.79 Å². The van der Waals surface area contributed by atoms with Gasteiger partial charge in [-0.1, -0.05) is 29.4 Å². The van der Waals surface area contributed by atoms with Crippen LogP contribution < -0.4 is 5.32 Å². The lowest BCUT2D eigenvalue weighted by Gasteiger charge is -2.20. The van der Waals surface area contributed by atoms with Crippen molar-refractivity contribution in [1.82, 2.24) is 19.7 Å². The minimum absolute atomic E-state index is 0.0480. The van der Waals surface area contributed by atoms with Gasteiger partial charge in [-0.05, 0) is 82.4 Å². The third-order valence-corrected chi connectivity index (χ3v) is 6.20. The molecule has 0 bridgehead atoms. The van der Waals surface area contributed by atoms with Crippen molar-refractivity contribution < 1.29 is 4.79 Å². The van der Waals surface area contributed by atoms with Gasteiger partial charge in [-0.2, -0.15) is 0 Å². The molecule has 3 aromatic rings. The Balaban J connectivity index is 1.80. The van der Waals surface area contributed by atoms with Gasteiger partial charge >= 0.3 is 0 Å². The van der Waals surface area contributed by atoms with Crippen LogP contribution in [-0.4, -0.2) is 45.4 Å². The Morgan fingerprint density at radius 1 is 1.13 bits per heavy atom. The number of halogens is 1. The topological polar surface area (TPSA) is 63.1 Å². The first-order valence-electron chi connectivity index (χ1n) is 9.64. The standard InChI is InChI=1S/C22H26ClN5OS/c1-14-6-9-18(12-15(14)2)24-20(29)13-30-22-26-25-21(16(3)27(4)5)28(22)19-10-7-17(23)8-11-19/h6-12,16H,13H2,1-5H3,(H,24,29). The monoisotopic (exact) mass is 443 g/mol. The fraction of sp³-hybridized carbons (Fsp3) is 0.318. The van der Waals surface area contributed by atoms with E-state index in [1.165, 1.54) is 17.3 Å². The van der Waals surface area contributed by atoms with Crippen molar-refractivity contribution in [3.05, 3.63) is 64.4 Å². The molecular formula is C22H26ClN5OS. The molecule has 0 aliphatic carbocycles. The van der Waals surface area contributed by atoms with E-state index in [-0.39, 0.29) is 17.7 Å². The van der Waals surface area contributed by atoms with E-state index in [2.05, 4.69) is 27.3 Å². The molecule has 1 atom stereocenters. The molecule has 3 rings (SSSR count). The maximum Gasteiger partial charge on any atom is 0.234 e. The summed E-state index contributed by atoms with van der Waals surface area (Å²) >= 11 is 7.42. The van der Waals surface area contributed by atoms with E-state index in [9.17, 15) is 4.79 Å². The van der Waals surface area contributed by atoms with Gasteiger partial charge in [0.1, 0.15) is 0 Å². The number of aromatic nitrogens is 3. The van der Waals surface area contributed by atoms with Gasteiger partial charge in [-0.3, -0.25) is 14.3 Å². The van der Waals surface area contributed by atoms with Crippen molar-refractivity contribution in [2.24, 2.45) is 0 Å². The molecule has 0 radical (unpaired) electrons. The minimum Gasteiger partial charge on any atom is -0.325 e. The molecule has 158 valence electrons. The van der Waals surface area contributed by atoms with Crippen LogP contribution in [0.1, 0.15) is 29.9 Å². The zero-order chi connectivity index (χ0) is 21.8. The lowest BCUT2D eigenvalue weighted by Crippen LogP contribution is -2.21.